The average molecular weight is 523 g/mol. The van der Waals surface area contributed by atoms with Gasteiger partial charge in [-0.05, 0) is 41.5 Å². The molecule has 2 aromatic carbocycles. The SMILES string of the molecule is CON=C1C[C@@H](CC(=O)N[C@@H]2[C@H](C(N)=O)[C@H]3C=C[C@@H]2C3)N(S(=O)(=O)c2ccc(-c3ccccc3)cc2)C1. The molecule has 2 bridgehead atoms. The lowest BCUT2D eigenvalue weighted by Gasteiger charge is -2.28. The van der Waals surface area contributed by atoms with Crippen molar-refractivity contribution in [2.75, 3.05) is 13.7 Å². The Kier molecular flexibility index (Phi) is 6.87. The van der Waals surface area contributed by atoms with E-state index in [2.05, 4.69) is 10.5 Å². The fourth-order valence-corrected chi connectivity index (χ4v) is 7.46. The van der Waals surface area contributed by atoms with E-state index in [0.29, 0.717) is 5.71 Å². The lowest BCUT2D eigenvalue weighted by molar-refractivity contribution is -0.125. The lowest BCUT2D eigenvalue weighted by Crippen LogP contribution is -2.49. The van der Waals surface area contributed by atoms with Crippen molar-refractivity contribution in [3.8, 4) is 11.1 Å². The van der Waals surface area contributed by atoms with Crippen molar-refractivity contribution in [3.63, 3.8) is 0 Å². The molecule has 37 heavy (non-hydrogen) atoms. The number of hydrogen-bond acceptors (Lipinski definition) is 6. The number of benzene rings is 2. The minimum Gasteiger partial charge on any atom is -0.399 e. The zero-order valence-electron chi connectivity index (χ0n) is 20.5. The fourth-order valence-electron chi connectivity index (χ4n) is 5.85. The predicted molar refractivity (Wildman–Crippen MR) is 139 cm³/mol. The highest BCUT2D eigenvalue weighted by molar-refractivity contribution is 7.89. The van der Waals surface area contributed by atoms with Crippen LogP contribution in [-0.4, -0.2) is 56.0 Å². The Balaban J connectivity index is 1.34. The molecule has 5 rings (SSSR count). The minimum atomic E-state index is -3.91. The molecule has 0 radical (unpaired) electrons. The standard InChI is InChI=1S/C27H30N4O5S/c1-36-30-21-14-22(15-24(32)29-26-20-8-7-19(13-20)25(26)27(28)33)31(16-21)37(34,35)23-11-9-18(10-12-23)17-5-3-2-4-6-17/h2-12,19-20,22,25-26H,13-16H2,1H3,(H2,28,33)(H,29,32)/t19-,20+,22-,25+,26-/m0/s1. The number of nitrogens with zero attached hydrogens (tertiary/aromatic N) is 2. The van der Waals surface area contributed by atoms with Crippen molar-refractivity contribution in [2.24, 2.45) is 28.6 Å². The van der Waals surface area contributed by atoms with Gasteiger partial charge in [0.05, 0.1) is 23.1 Å². The third-order valence-corrected chi connectivity index (χ3v) is 9.45. The molecule has 1 saturated heterocycles. The summed E-state index contributed by atoms with van der Waals surface area (Å²) in [6.45, 7) is 0.0370. The van der Waals surface area contributed by atoms with Gasteiger partial charge in [-0.1, -0.05) is 59.8 Å². The van der Waals surface area contributed by atoms with Crippen LogP contribution >= 0.6 is 0 Å². The quantitative estimate of drug-likeness (QED) is 0.406. The van der Waals surface area contributed by atoms with E-state index in [0.717, 1.165) is 17.5 Å². The molecule has 5 atom stereocenters. The molecule has 2 aromatic rings. The highest BCUT2D eigenvalue weighted by atomic mass is 32.2. The van der Waals surface area contributed by atoms with E-state index in [-0.39, 0.29) is 48.1 Å². The van der Waals surface area contributed by atoms with E-state index in [9.17, 15) is 18.0 Å². The van der Waals surface area contributed by atoms with Crippen molar-refractivity contribution in [3.05, 3.63) is 66.7 Å². The van der Waals surface area contributed by atoms with Crippen LogP contribution in [0.5, 0.6) is 0 Å². The molecular weight excluding hydrogens is 492 g/mol. The van der Waals surface area contributed by atoms with Gasteiger partial charge in [0.1, 0.15) is 7.11 Å². The summed E-state index contributed by atoms with van der Waals surface area (Å²) in [4.78, 5) is 30.2. The lowest BCUT2D eigenvalue weighted by atomic mass is 9.88. The number of nitrogens with two attached hydrogens (primary N) is 1. The summed E-state index contributed by atoms with van der Waals surface area (Å²) in [6.07, 6.45) is 5.01. The molecule has 0 spiro atoms. The molecule has 194 valence electrons. The number of rotatable bonds is 8. The van der Waals surface area contributed by atoms with Gasteiger partial charge in [-0.3, -0.25) is 9.59 Å². The van der Waals surface area contributed by atoms with E-state index in [1.807, 2.05) is 42.5 Å². The molecule has 2 fully saturated rings. The fraction of sp³-hybridized carbons (Fsp3) is 0.370. The second-order valence-corrected chi connectivity index (χ2v) is 11.7. The molecule has 10 heteroatoms. The summed E-state index contributed by atoms with van der Waals surface area (Å²) in [5, 5.41) is 6.94. The summed E-state index contributed by atoms with van der Waals surface area (Å²) in [7, 11) is -2.51. The first-order chi connectivity index (χ1) is 17.8. The van der Waals surface area contributed by atoms with Gasteiger partial charge < -0.3 is 15.9 Å². The Labute approximate surface area is 216 Å². The normalized spacial score (nSPS) is 28.0. The molecule has 9 nitrogen and oxygen atoms in total. The summed E-state index contributed by atoms with van der Waals surface area (Å²) < 4.78 is 28.6. The number of hydrogen-bond donors (Lipinski definition) is 2. The molecule has 0 unspecified atom stereocenters. The van der Waals surface area contributed by atoms with Gasteiger partial charge in [0.2, 0.25) is 21.8 Å². The van der Waals surface area contributed by atoms with Crippen molar-refractivity contribution in [1.82, 2.24) is 9.62 Å². The largest absolute Gasteiger partial charge is 0.399 e. The van der Waals surface area contributed by atoms with Crippen molar-refractivity contribution >= 4 is 27.5 Å². The first-order valence-electron chi connectivity index (χ1n) is 12.3. The van der Waals surface area contributed by atoms with Crippen LogP contribution in [0.4, 0.5) is 0 Å². The zero-order chi connectivity index (χ0) is 26.2. The molecule has 1 aliphatic heterocycles. The Morgan fingerprint density at radius 1 is 1.05 bits per heavy atom. The van der Waals surface area contributed by atoms with Crippen LogP contribution in [0.3, 0.4) is 0 Å². The van der Waals surface area contributed by atoms with Gasteiger partial charge >= 0.3 is 0 Å². The summed E-state index contributed by atoms with van der Waals surface area (Å²) in [5.41, 5.74) is 8.05. The van der Waals surface area contributed by atoms with Gasteiger partial charge in [-0.15, -0.1) is 0 Å². The number of carbonyl (C=O) groups excluding carboxylic acids is 2. The summed E-state index contributed by atoms with van der Waals surface area (Å²) in [6, 6.07) is 15.4. The van der Waals surface area contributed by atoms with E-state index in [1.54, 1.807) is 24.3 Å². The maximum absolute atomic E-state index is 13.6. The van der Waals surface area contributed by atoms with Crippen LogP contribution in [0.15, 0.2) is 76.8 Å². The number of fused-ring (bicyclic) bond motifs is 2. The number of sulfonamides is 1. The van der Waals surface area contributed by atoms with E-state index >= 15 is 0 Å². The Hall–Kier alpha value is -3.50. The van der Waals surface area contributed by atoms with Gasteiger partial charge in [0.15, 0.2) is 0 Å². The predicted octanol–water partition coefficient (Wildman–Crippen LogP) is 2.30. The van der Waals surface area contributed by atoms with Gasteiger partial charge in [-0.25, -0.2) is 8.42 Å². The van der Waals surface area contributed by atoms with E-state index in [1.165, 1.54) is 11.4 Å². The highest BCUT2D eigenvalue weighted by Crippen LogP contribution is 2.43. The van der Waals surface area contributed by atoms with Gasteiger partial charge in [0, 0.05) is 24.9 Å². The zero-order valence-corrected chi connectivity index (χ0v) is 21.3. The van der Waals surface area contributed by atoms with Crippen LogP contribution in [0, 0.1) is 17.8 Å². The number of oxime groups is 1. The smallest absolute Gasteiger partial charge is 0.243 e. The third kappa shape index (κ3) is 4.91. The van der Waals surface area contributed by atoms with Gasteiger partial charge in [0.25, 0.3) is 0 Å². The highest BCUT2D eigenvalue weighted by Gasteiger charge is 2.48. The van der Waals surface area contributed by atoms with Crippen LogP contribution < -0.4 is 11.1 Å². The maximum Gasteiger partial charge on any atom is 0.243 e. The molecule has 2 aliphatic carbocycles. The Morgan fingerprint density at radius 3 is 2.41 bits per heavy atom. The van der Waals surface area contributed by atoms with Crippen LogP contribution in [0.2, 0.25) is 0 Å². The van der Waals surface area contributed by atoms with E-state index < -0.39 is 27.9 Å². The number of nitrogens with one attached hydrogen (secondary N) is 1. The second-order valence-electron chi connectivity index (χ2n) is 9.81. The molecule has 2 amide bonds. The van der Waals surface area contributed by atoms with E-state index in [4.69, 9.17) is 10.6 Å². The second kappa shape index (κ2) is 10.1. The number of carbonyl (C=O) groups is 2. The number of allylic oxidation sites excluding steroid dienone is 1. The monoisotopic (exact) mass is 522 g/mol. The van der Waals surface area contributed by atoms with Crippen molar-refractivity contribution in [1.29, 1.82) is 0 Å². The third-order valence-electron chi connectivity index (χ3n) is 7.54. The minimum absolute atomic E-state index is 0.0370. The van der Waals surface area contributed by atoms with Crippen LogP contribution in [0.1, 0.15) is 19.3 Å². The summed E-state index contributed by atoms with van der Waals surface area (Å²) in [5.74, 6) is -1.10. The van der Waals surface area contributed by atoms with Crippen LogP contribution in [0.25, 0.3) is 11.1 Å². The summed E-state index contributed by atoms with van der Waals surface area (Å²) >= 11 is 0. The van der Waals surface area contributed by atoms with Crippen LogP contribution in [-0.2, 0) is 24.4 Å². The van der Waals surface area contributed by atoms with Crippen molar-refractivity contribution in [2.45, 2.75) is 36.2 Å². The molecule has 1 heterocycles. The molecule has 0 aromatic heterocycles. The number of primary amides is 1. The Bertz CT molecular complexity index is 1340. The molecular formula is C27H30N4O5S. The molecule has 3 N–H and O–H groups in total. The number of amides is 2. The average Bonchev–Trinajstić information content (AvgIpc) is 3.60. The van der Waals surface area contributed by atoms with Gasteiger partial charge in [-0.2, -0.15) is 4.31 Å². The first-order valence-corrected chi connectivity index (χ1v) is 13.7. The molecule has 1 saturated carbocycles. The molecule has 3 aliphatic rings. The maximum atomic E-state index is 13.6. The Morgan fingerprint density at radius 2 is 1.73 bits per heavy atom. The van der Waals surface area contributed by atoms with Crippen molar-refractivity contribution < 1.29 is 22.8 Å². The topological polar surface area (TPSA) is 131 Å². The first kappa shape index (κ1) is 25.2.